The van der Waals surface area contributed by atoms with Crippen LogP contribution < -0.4 is 4.74 Å². The maximum atomic E-state index is 5.47. The minimum Gasteiger partial charge on any atom is -0.486 e. The molecule has 86 valence electrons. The molecule has 1 heterocycles. The van der Waals surface area contributed by atoms with Gasteiger partial charge in [-0.2, -0.15) is 0 Å². The van der Waals surface area contributed by atoms with Crippen LogP contribution in [0.5, 0.6) is 5.75 Å². The molecule has 2 aromatic rings. The summed E-state index contributed by atoms with van der Waals surface area (Å²) >= 11 is 0. The molecule has 3 heteroatoms. The van der Waals surface area contributed by atoms with Crippen molar-refractivity contribution in [1.82, 2.24) is 5.16 Å². The number of nitrogens with zero attached hydrogens (tertiary/aromatic N) is 1. The third kappa shape index (κ3) is 3.77. The van der Waals surface area contributed by atoms with Gasteiger partial charge in [-0.25, -0.2) is 0 Å². The van der Waals surface area contributed by atoms with Gasteiger partial charge >= 0.3 is 0 Å². The summed E-state index contributed by atoms with van der Waals surface area (Å²) in [6.45, 7) is 6.31. The molecule has 3 nitrogen and oxygen atoms in total. The summed E-state index contributed by atoms with van der Waals surface area (Å²) in [5.41, 5.74) is 0.872. The lowest BCUT2D eigenvalue weighted by molar-refractivity contribution is 0.249. The quantitative estimate of drug-likeness (QED) is 0.791. The highest BCUT2D eigenvalue weighted by Crippen LogP contribution is 2.11. The molecular weight excluding hydrogens is 202 g/mol. The number of para-hydroxylation sites is 1. The van der Waals surface area contributed by atoms with Crippen LogP contribution in [0.15, 0.2) is 40.9 Å². The molecule has 16 heavy (non-hydrogen) atoms. The number of ether oxygens (including phenoxy) is 1. The SMILES string of the molecule is CC.Cc1cc(COc2ccccc2)on1. The van der Waals surface area contributed by atoms with Crippen LogP contribution >= 0.6 is 0 Å². The fourth-order valence-electron chi connectivity index (χ4n) is 1.16. The fraction of sp³-hybridized carbons (Fsp3) is 0.308. The molecule has 0 unspecified atom stereocenters. The molecule has 0 saturated carbocycles. The van der Waals surface area contributed by atoms with Crippen LogP contribution in [0.3, 0.4) is 0 Å². The summed E-state index contributed by atoms with van der Waals surface area (Å²) in [6.07, 6.45) is 0. The normalized spacial score (nSPS) is 9.19. The van der Waals surface area contributed by atoms with E-state index in [1.165, 1.54) is 0 Å². The van der Waals surface area contributed by atoms with E-state index in [1.54, 1.807) is 0 Å². The zero-order valence-corrected chi connectivity index (χ0v) is 9.93. The van der Waals surface area contributed by atoms with Crippen LogP contribution in [-0.2, 0) is 6.61 Å². The Balaban J connectivity index is 0.000000606. The molecule has 0 aliphatic heterocycles. The second kappa shape index (κ2) is 6.67. The first-order chi connectivity index (χ1) is 7.84. The molecule has 0 aliphatic carbocycles. The summed E-state index contributed by atoms with van der Waals surface area (Å²) in [5.74, 6) is 1.58. The van der Waals surface area contributed by atoms with Crippen LogP contribution in [0.25, 0.3) is 0 Å². The van der Waals surface area contributed by atoms with Gasteiger partial charge in [-0.3, -0.25) is 0 Å². The van der Waals surface area contributed by atoms with Crippen LogP contribution in [0.1, 0.15) is 25.3 Å². The van der Waals surface area contributed by atoms with E-state index in [4.69, 9.17) is 9.26 Å². The van der Waals surface area contributed by atoms with Crippen molar-refractivity contribution in [3.8, 4) is 5.75 Å². The average Bonchev–Trinajstić information content (AvgIpc) is 2.77. The third-order valence-electron chi connectivity index (χ3n) is 1.80. The predicted molar refractivity (Wildman–Crippen MR) is 63.4 cm³/mol. The van der Waals surface area contributed by atoms with E-state index < -0.39 is 0 Å². The fourth-order valence-corrected chi connectivity index (χ4v) is 1.16. The molecule has 0 fully saturated rings. The Morgan fingerprint density at radius 2 is 1.88 bits per heavy atom. The molecule has 0 amide bonds. The molecule has 0 bridgehead atoms. The smallest absolute Gasteiger partial charge is 0.174 e. The Hall–Kier alpha value is -1.77. The van der Waals surface area contributed by atoms with E-state index in [-0.39, 0.29) is 0 Å². The first-order valence-corrected chi connectivity index (χ1v) is 5.44. The topological polar surface area (TPSA) is 35.3 Å². The molecule has 0 saturated heterocycles. The number of hydrogen-bond acceptors (Lipinski definition) is 3. The predicted octanol–water partition coefficient (Wildman–Crippen LogP) is 3.59. The standard InChI is InChI=1S/C11H11NO2.C2H6/c1-9-7-11(14-12-9)8-13-10-5-3-2-4-6-10;1-2/h2-7H,8H2,1H3;1-2H3. The minimum atomic E-state index is 0.421. The van der Waals surface area contributed by atoms with E-state index in [0.717, 1.165) is 17.2 Å². The molecule has 0 aliphatic rings. The Morgan fingerprint density at radius 3 is 2.44 bits per heavy atom. The number of aromatic nitrogens is 1. The maximum Gasteiger partial charge on any atom is 0.174 e. The van der Waals surface area contributed by atoms with Crippen molar-refractivity contribution >= 4 is 0 Å². The second-order valence-corrected chi connectivity index (χ2v) is 3.04. The second-order valence-electron chi connectivity index (χ2n) is 3.04. The molecular formula is C13H17NO2. The van der Waals surface area contributed by atoms with Gasteiger partial charge < -0.3 is 9.26 Å². The van der Waals surface area contributed by atoms with Crippen LogP contribution in [0.4, 0.5) is 0 Å². The van der Waals surface area contributed by atoms with Crippen molar-refractivity contribution < 1.29 is 9.26 Å². The van der Waals surface area contributed by atoms with Gasteiger partial charge in [0.05, 0.1) is 5.69 Å². The van der Waals surface area contributed by atoms with Gasteiger partial charge in [0.1, 0.15) is 12.4 Å². The molecule has 0 atom stereocenters. The third-order valence-corrected chi connectivity index (χ3v) is 1.80. The highest BCUT2D eigenvalue weighted by atomic mass is 16.5. The maximum absolute atomic E-state index is 5.47. The van der Waals surface area contributed by atoms with Gasteiger partial charge in [0.25, 0.3) is 0 Å². The monoisotopic (exact) mass is 219 g/mol. The van der Waals surface area contributed by atoms with Gasteiger partial charge in [0, 0.05) is 6.07 Å². The highest BCUT2D eigenvalue weighted by Gasteiger charge is 2.00. The first kappa shape index (κ1) is 12.3. The molecule has 0 spiro atoms. The molecule has 1 aromatic heterocycles. The number of hydrogen-bond donors (Lipinski definition) is 0. The van der Waals surface area contributed by atoms with Gasteiger partial charge in [-0.05, 0) is 19.1 Å². The lowest BCUT2D eigenvalue weighted by Crippen LogP contribution is -1.92. The van der Waals surface area contributed by atoms with Gasteiger partial charge in [0.15, 0.2) is 5.76 Å². The first-order valence-electron chi connectivity index (χ1n) is 5.44. The van der Waals surface area contributed by atoms with Crippen LogP contribution in [0, 0.1) is 6.92 Å². The van der Waals surface area contributed by atoms with Crippen molar-refractivity contribution in [2.45, 2.75) is 27.4 Å². The van der Waals surface area contributed by atoms with E-state index in [2.05, 4.69) is 5.16 Å². The zero-order valence-electron chi connectivity index (χ0n) is 9.93. The van der Waals surface area contributed by atoms with Crippen LogP contribution in [-0.4, -0.2) is 5.16 Å². The van der Waals surface area contributed by atoms with Gasteiger partial charge in [-0.15, -0.1) is 0 Å². The summed E-state index contributed by atoms with van der Waals surface area (Å²) in [6, 6.07) is 11.5. The average molecular weight is 219 g/mol. The Bertz CT molecular complexity index is 395. The van der Waals surface area contributed by atoms with Crippen molar-refractivity contribution in [3.05, 3.63) is 47.9 Å². The summed E-state index contributed by atoms with van der Waals surface area (Å²) in [5, 5.41) is 3.77. The van der Waals surface area contributed by atoms with Gasteiger partial charge in [0.2, 0.25) is 0 Å². The lowest BCUT2D eigenvalue weighted by atomic mass is 10.3. The summed E-state index contributed by atoms with van der Waals surface area (Å²) in [4.78, 5) is 0. The highest BCUT2D eigenvalue weighted by molar-refractivity contribution is 5.21. The number of benzene rings is 1. The Kier molecular flexibility index (Phi) is 5.12. The van der Waals surface area contributed by atoms with E-state index in [9.17, 15) is 0 Å². The summed E-state index contributed by atoms with van der Waals surface area (Å²) in [7, 11) is 0. The molecule has 2 rings (SSSR count). The van der Waals surface area contributed by atoms with Gasteiger partial charge in [-0.1, -0.05) is 37.2 Å². The molecule has 0 N–H and O–H groups in total. The van der Waals surface area contributed by atoms with E-state index in [1.807, 2.05) is 57.2 Å². The largest absolute Gasteiger partial charge is 0.486 e. The molecule has 0 radical (unpaired) electrons. The van der Waals surface area contributed by atoms with Crippen molar-refractivity contribution in [3.63, 3.8) is 0 Å². The van der Waals surface area contributed by atoms with E-state index >= 15 is 0 Å². The lowest BCUT2D eigenvalue weighted by Gasteiger charge is -2.01. The minimum absolute atomic E-state index is 0.421. The van der Waals surface area contributed by atoms with Crippen molar-refractivity contribution in [2.75, 3.05) is 0 Å². The van der Waals surface area contributed by atoms with Crippen molar-refractivity contribution in [2.24, 2.45) is 0 Å². The summed E-state index contributed by atoms with van der Waals surface area (Å²) < 4.78 is 10.5. The molecule has 1 aromatic carbocycles. The zero-order chi connectivity index (χ0) is 11.8. The number of aryl methyl sites for hydroxylation is 1. The van der Waals surface area contributed by atoms with Crippen molar-refractivity contribution in [1.29, 1.82) is 0 Å². The Morgan fingerprint density at radius 1 is 1.19 bits per heavy atom. The van der Waals surface area contributed by atoms with E-state index in [0.29, 0.717) is 6.61 Å². The number of rotatable bonds is 3. The van der Waals surface area contributed by atoms with Crippen LogP contribution in [0.2, 0.25) is 0 Å². The Labute approximate surface area is 96.0 Å².